The molecule has 9 heavy (non-hydrogen) atoms. The van der Waals surface area contributed by atoms with Crippen molar-refractivity contribution in [1.82, 2.24) is 0 Å². The van der Waals surface area contributed by atoms with Crippen LogP contribution in [0, 0.1) is 5.92 Å². The lowest BCUT2D eigenvalue weighted by Gasteiger charge is -2.12. The van der Waals surface area contributed by atoms with E-state index in [-0.39, 0.29) is 5.54 Å². The van der Waals surface area contributed by atoms with Gasteiger partial charge in [-0.15, -0.1) is 0 Å². The summed E-state index contributed by atoms with van der Waals surface area (Å²) in [4.78, 5) is 0. The van der Waals surface area contributed by atoms with Crippen LogP contribution in [0.3, 0.4) is 0 Å². The molecular weight excluding hydrogens is 154 g/mol. The first-order chi connectivity index (χ1) is 4.22. The van der Waals surface area contributed by atoms with Crippen LogP contribution in [-0.4, -0.2) is 5.54 Å². The van der Waals surface area contributed by atoms with E-state index in [0.717, 1.165) is 5.92 Å². The zero-order valence-corrected chi connectivity index (χ0v) is 7.12. The average Bonchev–Trinajstić information content (AvgIpc) is 2.13. The second-order valence-corrected chi connectivity index (χ2v) is 4.07. The van der Waals surface area contributed by atoms with E-state index in [1.165, 1.54) is 19.3 Å². The van der Waals surface area contributed by atoms with Crippen LogP contribution in [0.25, 0.3) is 0 Å². The quantitative estimate of drug-likeness (QED) is 0.523. The highest BCUT2D eigenvalue weighted by atomic mass is 35.5. The minimum absolute atomic E-state index is 0.137. The van der Waals surface area contributed by atoms with Crippen molar-refractivity contribution in [2.24, 2.45) is 5.92 Å². The van der Waals surface area contributed by atoms with Gasteiger partial charge in [0.05, 0.1) is 0 Å². The molecule has 0 aromatic heterocycles. The largest absolute Gasteiger partial charge is 0.354 e. The maximum absolute atomic E-state index is 5.74. The first-order valence-electron chi connectivity index (χ1n) is 3.50. The van der Waals surface area contributed by atoms with Crippen molar-refractivity contribution in [2.75, 3.05) is 0 Å². The molecule has 0 spiro atoms. The van der Waals surface area contributed by atoms with Crippen molar-refractivity contribution in [3.63, 3.8) is 0 Å². The Balaban J connectivity index is 2.40. The molecule has 1 aliphatic carbocycles. The lowest BCUT2D eigenvalue weighted by atomic mass is 9.77. The molecule has 0 amide bonds. The van der Waals surface area contributed by atoms with Crippen LogP contribution >= 0.6 is 22.9 Å². The Morgan fingerprint density at radius 2 is 2.00 bits per heavy atom. The zero-order chi connectivity index (χ0) is 6.85. The van der Waals surface area contributed by atoms with Crippen molar-refractivity contribution in [2.45, 2.75) is 32.0 Å². The van der Waals surface area contributed by atoms with Gasteiger partial charge >= 0.3 is 5.54 Å². The molecule has 0 nitrogen and oxygen atoms in total. The lowest BCUT2D eigenvalue weighted by Crippen LogP contribution is -2.09. The van der Waals surface area contributed by atoms with Gasteiger partial charge in [-0.2, -0.15) is 22.9 Å². The van der Waals surface area contributed by atoms with Crippen LogP contribution in [0.1, 0.15) is 26.2 Å². The summed E-state index contributed by atoms with van der Waals surface area (Å²) in [7, 11) is 0. The minimum atomic E-state index is -0.137. The van der Waals surface area contributed by atoms with Gasteiger partial charge in [0.2, 0.25) is 0 Å². The third-order valence-electron chi connectivity index (χ3n) is 2.25. The Morgan fingerprint density at radius 1 is 1.33 bits per heavy atom. The molecular formula is C6H11BCl2. The molecule has 0 aromatic carbocycles. The van der Waals surface area contributed by atoms with Gasteiger partial charge < -0.3 is 0 Å². The van der Waals surface area contributed by atoms with E-state index < -0.39 is 0 Å². The van der Waals surface area contributed by atoms with Gasteiger partial charge in [0.1, 0.15) is 0 Å². The van der Waals surface area contributed by atoms with Crippen LogP contribution < -0.4 is 0 Å². The Hall–Kier alpha value is 0.645. The van der Waals surface area contributed by atoms with Crippen LogP contribution in [0.2, 0.25) is 5.82 Å². The SMILES string of the molecule is C[C@H]1CCC[C@@H]1B(Cl)Cl. The maximum Gasteiger partial charge on any atom is 0.354 e. The van der Waals surface area contributed by atoms with E-state index in [1.807, 2.05) is 0 Å². The minimum Gasteiger partial charge on any atom is -0.171 e. The fraction of sp³-hybridized carbons (Fsp3) is 1.00. The second kappa shape index (κ2) is 3.16. The standard InChI is InChI=1S/C6H11BCl2/c1-5-3-2-4-6(5)7(8)9/h5-6H,2-4H2,1H3/t5-,6-/m0/s1. The molecule has 0 saturated heterocycles. The van der Waals surface area contributed by atoms with Crippen LogP contribution in [0.4, 0.5) is 0 Å². The third kappa shape index (κ3) is 1.78. The van der Waals surface area contributed by atoms with E-state index in [4.69, 9.17) is 22.9 Å². The molecule has 0 unspecified atom stereocenters. The molecule has 0 heterocycles. The van der Waals surface area contributed by atoms with Gasteiger partial charge in [-0.25, -0.2) is 0 Å². The van der Waals surface area contributed by atoms with E-state index in [0.29, 0.717) is 5.82 Å². The highest BCUT2D eigenvalue weighted by Crippen LogP contribution is 2.40. The highest BCUT2D eigenvalue weighted by molar-refractivity contribution is 7.34. The molecule has 0 N–H and O–H groups in total. The summed E-state index contributed by atoms with van der Waals surface area (Å²) in [5, 5.41) is 0. The van der Waals surface area contributed by atoms with Gasteiger partial charge in [0.25, 0.3) is 0 Å². The van der Waals surface area contributed by atoms with Crippen molar-refractivity contribution in [1.29, 1.82) is 0 Å². The molecule has 3 heteroatoms. The van der Waals surface area contributed by atoms with Gasteiger partial charge in [-0.3, -0.25) is 0 Å². The summed E-state index contributed by atoms with van der Waals surface area (Å²) in [5.41, 5.74) is -0.137. The number of halogens is 2. The molecule has 1 saturated carbocycles. The van der Waals surface area contributed by atoms with Crippen LogP contribution in [0.15, 0.2) is 0 Å². The first-order valence-corrected chi connectivity index (χ1v) is 4.37. The number of rotatable bonds is 1. The van der Waals surface area contributed by atoms with Crippen LogP contribution in [0.5, 0.6) is 0 Å². The van der Waals surface area contributed by atoms with Crippen molar-refractivity contribution in [3.8, 4) is 0 Å². The maximum atomic E-state index is 5.74. The summed E-state index contributed by atoms with van der Waals surface area (Å²) in [5.74, 6) is 1.30. The molecule has 1 rings (SSSR count). The first kappa shape index (κ1) is 7.75. The number of hydrogen-bond donors (Lipinski definition) is 0. The van der Waals surface area contributed by atoms with Crippen molar-refractivity contribution < 1.29 is 0 Å². The van der Waals surface area contributed by atoms with E-state index in [1.54, 1.807) is 0 Å². The Morgan fingerprint density at radius 3 is 2.22 bits per heavy atom. The summed E-state index contributed by atoms with van der Waals surface area (Å²) < 4.78 is 0. The molecule has 0 aromatic rings. The molecule has 0 aliphatic heterocycles. The number of hydrogen-bond acceptors (Lipinski definition) is 0. The summed E-state index contributed by atoms with van der Waals surface area (Å²) in [6.45, 7) is 2.23. The normalized spacial score (nSPS) is 35.0. The van der Waals surface area contributed by atoms with E-state index in [2.05, 4.69) is 6.92 Å². The second-order valence-electron chi connectivity index (χ2n) is 2.91. The summed E-state index contributed by atoms with van der Waals surface area (Å²) >= 11 is 11.5. The van der Waals surface area contributed by atoms with Crippen molar-refractivity contribution in [3.05, 3.63) is 0 Å². The molecule has 52 valence electrons. The predicted octanol–water partition coefficient (Wildman–Crippen LogP) is 3.14. The summed E-state index contributed by atoms with van der Waals surface area (Å²) in [6.07, 6.45) is 3.83. The molecule has 2 atom stereocenters. The molecule has 0 radical (unpaired) electrons. The van der Waals surface area contributed by atoms with Gasteiger partial charge in [0.15, 0.2) is 0 Å². The fourth-order valence-corrected chi connectivity index (χ4v) is 2.30. The Labute approximate surface area is 66.8 Å². The van der Waals surface area contributed by atoms with Crippen molar-refractivity contribution >= 4 is 28.5 Å². The highest BCUT2D eigenvalue weighted by Gasteiger charge is 2.31. The van der Waals surface area contributed by atoms with E-state index >= 15 is 0 Å². The third-order valence-corrected chi connectivity index (χ3v) is 2.90. The van der Waals surface area contributed by atoms with Gasteiger partial charge in [-0.05, 0) is 11.7 Å². The zero-order valence-electron chi connectivity index (χ0n) is 5.61. The van der Waals surface area contributed by atoms with Crippen LogP contribution in [-0.2, 0) is 0 Å². The monoisotopic (exact) mass is 164 g/mol. The Kier molecular flexibility index (Phi) is 2.72. The summed E-state index contributed by atoms with van der Waals surface area (Å²) in [6, 6.07) is 0. The van der Waals surface area contributed by atoms with Gasteiger partial charge in [-0.1, -0.05) is 26.2 Å². The fourth-order valence-electron chi connectivity index (χ4n) is 1.55. The molecule has 1 fully saturated rings. The van der Waals surface area contributed by atoms with E-state index in [9.17, 15) is 0 Å². The smallest absolute Gasteiger partial charge is 0.171 e. The molecule has 0 bridgehead atoms. The van der Waals surface area contributed by atoms with Gasteiger partial charge in [0, 0.05) is 0 Å². The average molecular weight is 165 g/mol. The Bertz CT molecular complexity index is 95.1. The lowest BCUT2D eigenvalue weighted by molar-refractivity contribution is 0.608. The molecule has 1 aliphatic rings. The predicted molar refractivity (Wildman–Crippen MR) is 44.2 cm³/mol. The topological polar surface area (TPSA) is 0 Å².